The molecule has 226 valence electrons. The van der Waals surface area contributed by atoms with Crippen LogP contribution in [0.4, 0.5) is 23.7 Å². The van der Waals surface area contributed by atoms with E-state index in [0.29, 0.717) is 16.7 Å². The molecule has 2 unspecified atom stereocenters. The number of aryl methyl sites for hydroxylation is 3. The average Bonchev–Trinajstić information content (AvgIpc) is 3.36. The van der Waals surface area contributed by atoms with Gasteiger partial charge >= 0.3 is 12.4 Å². The van der Waals surface area contributed by atoms with Crippen molar-refractivity contribution in [2.24, 2.45) is 4.99 Å². The number of ether oxygens (including phenoxy) is 1. The van der Waals surface area contributed by atoms with Crippen LogP contribution in [0.2, 0.25) is 0 Å². The Kier molecular flexibility index (Phi) is 7.66. The fourth-order valence-corrected chi connectivity index (χ4v) is 6.24. The SMILES string of the molecule is Cc1cc(C)c(N2C(=O)CS/C2=N\C(=O)NC2CC2c2ccc(-c3ncn(-c4ccc(OC(F)(F)F)cc4)n3)cc2)c(C)c1. The number of urea groups is 1. The summed E-state index contributed by atoms with van der Waals surface area (Å²) >= 11 is 1.26. The highest BCUT2D eigenvalue weighted by Crippen LogP contribution is 2.41. The molecule has 1 aromatic heterocycles. The van der Waals surface area contributed by atoms with E-state index in [4.69, 9.17) is 0 Å². The van der Waals surface area contributed by atoms with Gasteiger partial charge in [0.1, 0.15) is 12.1 Å². The van der Waals surface area contributed by atoms with Gasteiger partial charge in [-0.3, -0.25) is 9.69 Å². The third kappa shape index (κ3) is 6.32. The van der Waals surface area contributed by atoms with Gasteiger partial charge in [-0.15, -0.1) is 18.3 Å². The highest BCUT2D eigenvalue weighted by Gasteiger charge is 2.40. The van der Waals surface area contributed by atoms with E-state index in [-0.39, 0.29) is 29.4 Å². The number of aromatic nitrogens is 3. The largest absolute Gasteiger partial charge is 0.573 e. The van der Waals surface area contributed by atoms with Crippen LogP contribution in [0.3, 0.4) is 0 Å². The zero-order valence-corrected chi connectivity index (χ0v) is 24.7. The summed E-state index contributed by atoms with van der Waals surface area (Å²) in [6, 6.07) is 16.5. The molecule has 2 fully saturated rings. The number of nitrogens with zero attached hydrogens (tertiary/aromatic N) is 5. The lowest BCUT2D eigenvalue weighted by Crippen LogP contribution is -2.33. The summed E-state index contributed by atoms with van der Waals surface area (Å²) in [6.07, 6.45) is -2.51. The van der Waals surface area contributed by atoms with Gasteiger partial charge < -0.3 is 10.1 Å². The number of carbonyl (C=O) groups is 2. The van der Waals surface area contributed by atoms with Crippen molar-refractivity contribution >= 4 is 34.6 Å². The van der Waals surface area contributed by atoms with Gasteiger partial charge in [0, 0.05) is 17.5 Å². The number of hydrogen-bond acceptors (Lipinski definition) is 6. The Balaban J connectivity index is 1.08. The molecule has 3 amide bonds. The summed E-state index contributed by atoms with van der Waals surface area (Å²) in [5.41, 5.74) is 6.12. The number of alkyl halides is 3. The Hall–Kier alpha value is -4.65. The third-order valence-electron chi connectivity index (χ3n) is 7.34. The van der Waals surface area contributed by atoms with Gasteiger partial charge in [0.05, 0.1) is 17.1 Å². The van der Waals surface area contributed by atoms with Crippen molar-refractivity contribution in [3.05, 3.63) is 89.2 Å². The van der Waals surface area contributed by atoms with Crippen LogP contribution >= 0.6 is 11.8 Å². The fraction of sp³-hybridized carbons (Fsp3) is 0.258. The molecule has 9 nitrogen and oxygen atoms in total. The minimum Gasteiger partial charge on any atom is -0.406 e. The lowest BCUT2D eigenvalue weighted by atomic mass is 10.0. The van der Waals surface area contributed by atoms with Crippen molar-refractivity contribution in [2.45, 2.75) is 45.5 Å². The summed E-state index contributed by atoms with van der Waals surface area (Å²) in [7, 11) is 0. The molecule has 1 N–H and O–H groups in total. The standard InChI is InChI=1S/C31H27F3N6O3S/c1-17-12-18(2)27(19(3)13-17)40-26(41)15-44-30(40)37-29(42)36-25-14-24(25)20-4-6-21(7-5-20)28-35-16-39(38-28)22-8-10-23(11-9-22)43-31(32,33)34/h4-13,16,24-25H,14-15H2,1-3H3,(H,36,42)/b37-30-. The molecule has 0 spiro atoms. The minimum absolute atomic E-state index is 0.0715. The van der Waals surface area contributed by atoms with Gasteiger partial charge in [0.15, 0.2) is 11.0 Å². The minimum atomic E-state index is -4.76. The summed E-state index contributed by atoms with van der Waals surface area (Å²) in [4.78, 5) is 35.7. The van der Waals surface area contributed by atoms with E-state index in [1.165, 1.54) is 47.0 Å². The van der Waals surface area contributed by atoms with Crippen molar-refractivity contribution in [1.29, 1.82) is 0 Å². The Labute approximate surface area is 255 Å². The number of benzene rings is 3. The van der Waals surface area contributed by atoms with E-state index in [1.54, 1.807) is 4.90 Å². The van der Waals surface area contributed by atoms with Crippen molar-refractivity contribution in [3.63, 3.8) is 0 Å². The van der Waals surface area contributed by atoms with Gasteiger partial charge in [-0.1, -0.05) is 53.7 Å². The van der Waals surface area contributed by atoms with E-state index in [1.807, 2.05) is 57.2 Å². The first kappa shape index (κ1) is 29.4. The number of amides is 3. The number of aliphatic imine (C=N–C) groups is 1. The number of hydrogen-bond donors (Lipinski definition) is 1. The van der Waals surface area contributed by atoms with Crippen LogP contribution in [-0.4, -0.2) is 50.0 Å². The maximum absolute atomic E-state index is 12.8. The van der Waals surface area contributed by atoms with Crippen molar-refractivity contribution < 1.29 is 27.5 Å². The van der Waals surface area contributed by atoms with Crippen LogP contribution in [0.1, 0.15) is 34.6 Å². The highest BCUT2D eigenvalue weighted by atomic mass is 32.2. The second-order valence-corrected chi connectivity index (χ2v) is 11.7. The molecule has 4 aromatic rings. The van der Waals surface area contributed by atoms with Gasteiger partial charge in [0.2, 0.25) is 5.91 Å². The van der Waals surface area contributed by atoms with Crippen molar-refractivity contribution in [2.75, 3.05) is 10.7 Å². The van der Waals surface area contributed by atoms with E-state index in [9.17, 15) is 22.8 Å². The third-order valence-corrected chi connectivity index (χ3v) is 8.27. The molecule has 1 aliphatic carbocycles. The van der Waals surface area contributed by atoms with Gasteiger partial charge in [-0.05, 0) is 68.1 Å². The van der Waals surface area contributed by atoms with Crippen LogP contribution < -0.4 is 15.0 Å². The molecule has 2 heterocycles. The summed E-state index contributed by atoms with van der Waals surface area (Å²) < 4.78 is 42.6. The van der Waals surface area contributed by atoms with Gasteiger partial charge in [-0.2, -0.15) is 4.99 Å². The Morgan fingerprint density at radius 3 is 2.39 bits per heavy atom. The first-order chi connectivity index (χ1) is 20.9. The number of thioether (sulfide) groups is 1. The molecule has 0 bridgehead atoms. The first-order valence-corrected chi connectivity index (χ1v) is 14.7. The van der Waals surface area contributed by atoms with Crippen molar-refractivity contribution in [3.8, 4) is 22.8 Å². The molecule has 1 saturated carbocycles. The van der Waals surface area contributed by atoms with Crippen LogP contribution in [-0.2, 0) is 4.79 Å². The Bertz CT molecular complexity index is 1750. The molecule has 0 radical (unpaired) electrons. The lowest BCUT2D eigenvalue weighted by Gasteiger charge is -2.21. The van der Waals surface area contributed by atoms with Crippen LogP contribution in [0.15, 0.2) is 72.0 Å². The van der Waals surface area contributed by atoms with E-state index < -0.39 is 12.4 Å². The van der Waals surface area contributed by atoms with Gasteiger partial charge in [0.25, 0.3) is 0 Å². The molecule has 2 atom stereocenters. The number of rotatable bonds is 6. The number of carbonyl (C=O) groups excluding carboxylic acids is 2. The summed E-state index contributed by atoms with van der Waals surface area (Å²) in [5.74, 6) is 0.394. The second-order valence-electron chi connectivity index (χ2n) is 10.7. The first-order valence-electron chi connectivity index (χ1n) is 13.8. The number of nitrogens with one attached hydrogen (secondary N) is 1. The van der Waals surface area contributed by atoms with E-state index in [0.717, 1.165) is 39.9 Å². The Morgan fingerprint density at radius 1 is 1.05 bits per heavy atom. The number of amidine groups is 1. The second kappa shape index (κ2) is 11.5. The lowest BCUT2D eigenvalue weighted by molar-refractivity contribution is -0.274. The monoisotopic (exact) mass is 620 g/mol. The normalized spacial score (nSPS) is 19.0. The molecular formula is C31H27F3N6O3S. The zero-order chi connectivity index (χ0) is 31.2. The topological polar surface area (TPSA) is 102 Å². The van der Waals surface area contributed by atoms with Gasteiger partial charge in [-0.25, -0.2) is 14.5 Å². The van der Waals surface area contributed by atoms with Crippen LogP contribution in [0.25, 0.3) is 17.1 Å². The van der Waals surface area contributed by atoms with E-state index >= 15 is 0 Å². The molecule has 1 saturated heterocycles. The predicted octanol–water partition coefficient (Wildman–Crippen LogP) is 6.46. The maximum atomic E-state index is 12.8. The molecule has 13 heteroatoms. The molecule has 1 aliphatic heterocycles. The molecule has 44 heavy (non-hydrogen) atoms. The smallest absolute Gasteiger partial charge is 0.406 e. The molecule has 3 aromatic carbocycles. The highest BCUT2D eigenvalue weighted by molar-refractivity contribution is 8.15. The van der Waals surface area contributed by atoms with E-state index in [2.05, 4.69) is 25.1 Å². The predicted molar refractivity (Wildman–Crippen MR) is 161 cm³/mol. The molecule has 2 aliphatic rings. The van der Waals surface area contributed by atoms with Crippen LogP contribution in [0.5, 0.6) is 5.75 Å². The number of anilines is 1. The van der Waals surface area contributed by atoms with Crippen molar-refractivity contribution in [1.82, 2.24) is 20.1 Å². The zero-order valence-electron chi connectivity index (χ0n) is 23.9. The average molecular weight is 621 g/mol. The summed E-state index contributed by atoms with van der Waals surface area (Å²) in [5, 5.41) is 7.78. The number of halogens is 3. The quantitative estimate of drug-likeness (QED) is 0.266. The fourth-order valence-electron chi connectivity index (χ4n) is 5.39. The summed E-state index contributed by atoms with van der Waals surface area (Å²) in [6.45, 7) is 5.90. The Morgan fingerprint density at radius 2 is 1.73 bits per heavy atom. The molecule has 6 rings (SSSR count). The molecular weight excluding hydrogens is 593 g/mol. The van der Waals surface area contributed by atoms with Crippen LogP contribution in [0, 0.1) is 20.8 Å². The maximum Gasteiger partial charge on any atom is 0.573 e.